The molecule has 0 aromatic heterocycles. The maximum absolute atomic E-state index is 14.0. The maximum Gasteiger partial charge on any atom is 0.417 e. The number of carbonyl (C=O) groups excluding carboxylic acids is 2. The lowest BCUT2D eigenvalue weighted by Crippen LogP contribution is -2.54. The summed E-state index contributed by atoms with van der Waals surface area (Å²) >= 11 is 12.1. The minimum atomic E-state index is -4.90. The molecule has 1 atom stereocenters. The van der Waals surface area contributed by atoms with Crippen molar-refractivity contribution >= 4 is 50.7 Å². The Balaban J connectivity index is 2.14. The Labute approximate surface area is 259 Å². The van der Waals surface area contributed by atoms with Crippen LogP contribution in [0.15, 0.2) is 71.6 Å². The van der Waals surface area contributed by atoms with E-state index in [0.717, 1.165) is 22.6 Å². The van der Waals surface area contributed by atoms with E-state index in [2.05, 4.69) is 5.32 Å². The first-order chi connectivity index (χ1) is 19.8. The monoisotopic (exact) mass is 657 g/mol. The Morgan fingerprint density at radius 2 is 1.53 bits per heavy atom. The average molecular weight is 659 g/mol. The summed E-state index contributed by atoms with van der Waals surface area (Å²) < 4.78 is 69.7. The second-order valence-corrected chi connectivity index (χ2v) is 13.7. The quantitative estimate of drug-likeness (QED) is 0.273. The van der Waals surface area contributed by atoms with Crippen LogP contribution in [0, 0.1) is 6.92 Å². The molecule has 0 spiro atoms. The van der Waals surface area contributed by atoms with Crippen LogP contribution < -0.4 is 9.62 Å². The molecule has 0 bridgehead atoms. The van der Waals surface area contributed by atoms with E-state index in [1.54, 1.807) is 52.0 Å². The lowest BCUT2D eigenvalue weighted by molar-refractivity contribution is -0.140. The number of amides is 2. The molecule has 232 valence electrons. The molecule has 2 amide bonds. The van der Waals surface area contributed by atoms with Crippen LogP contribution in [-0.2, 0) is 32.3 Å². The number of benzene rings is 3. The van der Waals surface area contributed by atoms with Crippen molar-refractivity contribution in [2.75, 3.05) is 10.8 Å². The van der Waals surface area contributed by atoms with E-state index >= 15 is 0 Å². The molecule has 1 N–H and O–H groups in total. The average Bonchev–Trinajstić information content (AvgIpc) is 2.89. The molecule has 0 heterocycles. The van der Waals surface area contributed by atoms with Gasteiger partial charge in [0.2, 0.25) is 11.8 Å². The summed E-state index contributed by atoms with van der Waals surface area (Å²) in [6.07, 6.45) is -4.90. The van der Waals surface area contributed by atoms with Crippen molar-refractivity contribution < 1.29 is 31.2 Å². The van der Waals surface area contributed by atoms with Gasteiger partial charge in [0, 0.05) is 17.1 Å². The molecule has 0 saturated carbocycles. The molecule has 0 aliphatic carbocycles. The van der Waals surface area contributed by atoms with Gasteiger partial charge in [0.05, 0.1) is 21.2 Å². The van der Waals surface area contributed by atoms with Crippen LogP contribution in [0.2, 0.25) is 10.0 Å². The number of hydrogen-bond donors (Lipinski definition) is 1. The van der Waals surface area contributed by atoms with Gasteiger partial charge >= 0.3 is 6.18 Å². The number of carbonyl (C=O) groups is 2. The summed E-state index contributed by atoms with van der Waals surface area (Å²) in [6, 6.07) is 13.7. The lowest BCUT2D eigenvalue weighted by atomic mass is 10.1. The lowest BCUT2D eigenvalue weighted by Gasteiger charge is -2.33. The predicted octanol–water partition coefficient (Wildman–Crippen LogP) is 6.85. The van der Waals surface area contributed by atoms with E-state index in [1.807, 2.05) is 0 Å². The molecule has 3 aromatic carbocycles. The number of halogens is 5. The van der Waals surface area contributed by atoms with Crippen molar-refractivity contribution in [2.24, 2.45) is 0 Å². The van der Waals surface area contributed by atoms with Crippen LogP contribution in [0.5, 0.6) is 0 Å². The van der Waals surface area contributed by atoms with Gasteiger partial charge in [0.25, 0.3) is 10.0 Å². The molecule has 3 aromatic rings. The zero-order chi connectivity index (χ0) is 32.3. The molecule has 0 radical (unpaired) electrons. The topological polar surface area (TPSA) is 86.8 Å². The van der Waals surface area contributed by atoms with Gasteiger partial charge in [-0.1, -0.05) is 59.1 Å². The Morgan fingerprint density at radius 1 is 0.930 bits per heavy atom. The minimum Gasteiger partial charge on any atom is -0.350 e. The van der Waals surface area contributed by atoms with E-state index in [4.69, 9.17) is 23.2 Å². The number of hydrogen-bond acceptors (Lipinski definition) is 4. The summed E-state index contributed by atoms with van der Waals surface area (Å²) in [5.74, 6) is -1.37. The number of nitrogens with one attached hydrogen (secondary N) is 1. The van der Waals surface area contributed by atoms with Crippen LogP contribution in [0.1, 0.15) is 44.4 Å². The number of sulfonamides is 1. The van der Waals surface area contributed by atoms with Crippen LogP contribution in [0.4, 0.5) is 18.9 Å². The van der Waals surface area contributed by atoms with E-state index in [9.17, 15) is 31.2 Å². The first kappa shape index (κ1) is 34.2. The van der Waals surface area contributed by atoms with Crippen LogP contribution in [-0.4, -0.2) is 43.3 Å². The molecule has 0 fully saturated rings. The normalized spacial score (nSPS) is 12.9. The zero-order valence-corrected chi connectivity index (χ0v) is 26.5. The van der Waals surface area contributed by atoms with E-state index in [1.165, 1.54) is 31.2 Å². The maximum atomic E-state index is 14.0. The fourth-order valence-electron chi connectivity index (χ4n) is 4.12. The second kappa shape index (κ2) is 13.2. The summed E-state index contributed by atoms with van der Waals surface area (Å²) in [6.45, 7) is 7.38. The first-order valence-electron chi connectivity index (χ1n) is 13.1. The highest BCUT2D eigenvalue weighted by molar-refractivity contribution is 7.92. The highest BCUT2D eigenvalue weighted by atomic mass is 35.5. The van der Waals surface area contributed by atoms with Crippen molar-refractivity contribution in [2.45, 2.75) is 63.8 Å². The van der Waals surface area contributed by atoms with Gasteiger partial charge in [-0.05, 0) is 76.6 Å². The smallest absolute Gasteiger partial charge is 0.350 e. The standard InChI is InChI=1S/C30H32Cl2F3N3O4S/c1-19-10-13-23(14-11-19)43(41,42)38(22-12-15-26(32)24(16-22)30(33,34)35)18-27(39)37(17-21-8-6-7-9-25(21)31)20(2)28(40)36-29(3,4)5/h6-16,20H,17-18H2,1-5H3,(H,36,40)/t20-/m0/s1. The number of alkyl halides is 3. The van der Waals surface area contributed by atoms with E-state index < -0.39 is 62.4 Å². The molecule has 0 aliphatic rings. The molecular formula is C30H32Cl2F3N3O4S. The summed E-state index contributed by atoms with van der Waals surface area (Å²) in [5, 5.41) is 2.46. The largest absolute Gasteiger partial charge is 0.417 e. The molecule has 0 unspecified atom stereocenters. The minimum absolute atomic E-state index is 0.177. The molecule has 43 heavy (non-hydrogen) atoms. The third-order valence-electron chi connectivity index (χ3n) is 6.40. The number of anilines is 1. The second-order valence-electron chi connectivity index (χ2n) is 11.0. The summed E-state index contributed by atoms with van der Waals surface area (Å²) in [4.78, 5) is 28.0. The van der Waals surface area contributed by atoms with Gasteiger partial charge in [0.15, 0.2) is 0 Å². The fraction of sp³-hybridized carbons (Fsp3) is 0.333. The fourth-order valence-corrected chi connectivity index (χ4v) is 5.94. The van der Waals surface area contributed by atoms with Crippen LogP contribution in [0.3, 0.4) is 0 Å². The Hall–Kier alpha value is -3.28. The predicted molar refractivity (Wildman–Crippen MR) is 162 cm³/mol. The molecular weight excluding hydrogens is 626 g/mol. The van der Waals surface area contributed by atoms with Gasteiger partial charge in [-0.25, -0.2) is 8.42 Å². The van der Waals surface area contributed by atoms with Gasteiger partial charge in [-0.15, -0.1) is 0 Å². The highest BCUT2D eigenvalue weighted by Gasteiger charge is 2.37. The van der Waals surface area contributed by atoms with Crippen molar-refractivity contribution in [1.82, 2.24) is 10.2 Å². The Bertz CT molecular complexity index is 1590. The van der Waals surface area contributed by atoms with Crippen LogP contribution >= 0.6 is 23.2 Å². The van der Waals surface area contributed by atoms with E-state index in [0.29, 0.717) is 21.0 Å². The van der Waals surface area contributed by atoms with Gasteiger partial charge < -0.3 is 10.2 Å². The number of nitrogens with zero attached hydrogens (tertiary/aromatic N) is 2. The summed E-state index contributed by atoms with van der Waals surface area (Å²) in [7, 11) is -4.58. The van der Waals surface area contributed by atoms with Gasteiger partial charge in [-0.2, -0.15) is 13.2 Å². The van der Waals surface area contributed by atoms with Gasteiger partial charge in [-0.3, -0.25) is 13.9 Å². The Kier molecular flexibility index (Phi) is 10.5. The van der Waals surface area contributed by atoms with Crippen molar-refractivity contribution in [1.29, 1.82) is 0 Å². The van der Waals surface area contributed by atoms with Crippen molar-refractivity contribution in [3.8, 4) is 0 Å². The Morgan fingerprint density at radius 3 is 2.09 bits per heavy atom. The molecule has 0 saturated heterocycles. The highest BCUT2D eigenvalue weighted by Crippen LogP contribution is 2.38. The van der Waals surface area contributed by atoms with E-state index in [-0.39, 0.29) is 11.4 Å². The van der Waals surface area contributed by atoms with Crippen molar-refractivity contribution in [3.05, 3.63) is 93.5 Å². The molecule has 13 heteroatoms. The van der Waals surface area contributed by atoms with Crippen LogP contribution in [0.25, 0.3) is 0 Å². The third kappa shape index (κ3) is 8.64. The number of rotatable bonds is 9. The first-order valence-corrected chi connectivity index (χ1v) is 15.3. The molecule has 0 aliphatic heterocycles. The van der Waals surface area contributed by atoms with Gasteiger partial charge in [0.1, 0.15) is 12.6 Å². The molecule has 7 nitrogen and oxygen atoms in total. The van der Waals surface area contributed by atoms with Crippen molar-refractivity contribution in [3.63, 3.8) is 0 Å². The zero-order valence-electron chi connectivity index (χ0n) is 24.2. The molecule has 3 rings (SSSR count). The summed E-state index contributed by atoms with van der Waals surface area (Å²) in [5.41, 5.74) is -1.13. The third-order valence-corrected chi connectivity index (χ3v) is 8.88. The SMILES string of the molecule is Cc1ccc(S(=O)(=O)N(CC(=O)N(Cc2ccccc2Cl)[C@@H](C)C(=O)NC(C)(C)C)c2ccc(Cl)c(C(F)(F)F)c2)cc1. The number of aryl methyl sites for hydroxylation is 1.